The lowest BCUT2D eigenvalue weighted by Crippen LogP contribution is -2.12. The Morgan fingerprint density at radius 3 is 2.91 bits per heavy atom. The zero-order valence-electron chi connectivity index (χ0n) is 11.8. The monoisotopic (exact) mass is 347 g/mol. The second-order valence-electron chi connectivity index (χ2n) is 4.51. The summed E-state index contributed by atoms with van der Waals surface area (Å²) in [6, 6.07) is 7.60. The van der Waals surface area contributed by atoms with Crippen LogP contribution in [0.5, 0.6) is 0 Å². The van der Waals surface area contributed by atoms with Crippen LogP contribution in [0.2, 0.25) is 0 Å². The number of amides is 1. The predicted octanol–water partition coefficient (Wildman–Crippen LogP) is 4.45. The molecular formula is C15H13N3OS3. The third-order valence-electron chi connectivity index (χ3n) is 2.83. The number of hydrogen-bond acceptors (Lipinski definition) is 6. The van der Waals surface area contributed by atoms with E-state index >= 15 is 0 Å². The van der Waals surface area contributed by atoms with Crippen LogP contribution in [-0.4, -0.2) is 15.9 Å². The lowest BCUT2D eigenvalue weighted by Gasteiger charge is -2.07. The number of nitrogens with one attached hydrogen (secondary N) is 1. The first kappa shape index (κ1) is 15.2. The third kappa shape index (κ3) is 3.73. The van der Waals surface area contributed by atoms with Gasteiger partial charge in [0.15, 0.2) is 5.13 Å². The number of thiazole rings is 2. The lowest BCUT2D eigenvalue weighted by atomic mass is 10.2. The van der Waals surface area contributed by atoms with Crippen LogP contribution in [0.3, 0.4) is 0 Å². The van der Waals surface area contributed by atoms with Crippen molar-refractivity contribution in [2.24, 2.45) is 0 Å². The molecule has 0 spiro atoms. The molecule has 0 unspecified atom stereocenters. The zero-order chi connectivity index (χ0) is 15.4. The number of nitrogens with zero attached hydrogens (tertiary/aromatic N) is 2. The first-order chi connectivity index (χ1) is 10.7. The molecule has 2 aromatic heterocycles. The van der Waals surface area contributed by atoms with Crippen molar-refractivity contribution < 1.29 is 4.79 Å². The first-order valence-electron chi connectivity index (χ1n) is 6.55. The molecule has 3 rings (SSSR count). The number of aryl methyl sites for hydroxylation is 1. The molecule has 0 aliphatic rings. The summed E-state index contributed by atoms with van der Waals surface area (Å²) < 4.78 is 0. The van der Waals surface area contributed by atoms with Crippen LogP contribution >= 0.6 is 34.4 Å². The Morgan fingerprint density at radius 1 is 1.32 bits per heavy atom. The van der Waals surface area contributed by atoms with Gasteiger partial charge >= 0.3 is 0 Å². The van der Waals surface area contributed by atoms with Gasteiger partial charge in [-0.25, -0.2) is 9.97 Å². The van der Waals surface area contributed by atoms with E-state index in [2.05, 4.69) is 15.3 Å². The smallest absolute Gasteiger partial charge is 0.258 e. The van der Waals surface area contributed by atoms with E-state index in [1.54, 1.807) is 23.1 Å². The predicted molar refractivity (Wildman–Crippen MR) is 92.9 cm³/mol. The maximum atomic E-state index is 12.4. The maximum Gasteiger partial charge on any atom is 0.258 e. The van der Waals surface area contributed by atoms with Crippen molar-refractivity contribution in [2.45, 2.75) is 17.6 Å². The van der Waals surface area contributed by atoms with Gasteiger partial charge in [-0.15, -0.1) is 34.4 Å². The van der Waals surface area contributed by atoms with Crippen molar-refractivity contribution in [1.29, 1.82) is 0 Å². The molecule has 3 aromatic rings. The summed E-state index contributed by atoms with van der Waals surface area (Å²) in [7, 11) is 0. The Bertz CT molecular complexity index is 768. The average molecular weight is 347 g/mol. The molecule has 7 heteroatoms. The van der Waals surface area contributed by atoms with Crippen LogP contribution in [0.25, 0.3) is 0 Å². The van der Waals surface area contributed by atoms with Crippen molar-refractivity contribution >= 4 is 45.5 Å². The van der Waals surface area contributed by atoms with E-state index in [4.69, 9.17) is 0 Å². The Morgan fingerprint density at radius 2 is 2.18 bits per heavy atom. The van der Waals surface area contributed by atoms with Gasteiger partial charge in [0.2, 0.25) is 0 Å². The van der Waals surface area contributed by atoms with Gasteiger partial charge in [0.05, 0.1) is 22.5 Å². The van der Waals surface area contributed by atoms with Gasteiger partial charge in [-0.05, 0) is 19.1 Å². The summed E-state index contributed by atoms with van der Waals surface area (Å²) in [6.07, 6.45) is 0. The maximum absolute atomic E-state index is 12.4. The molecule has 1 aromatic carbocycles. The molecule has 0 bridgehead atoms. The second kappa shape index (κ2) is 7.04. The van der Waals surface area contributed by atoms with Gasteiger partial charge in [-0.1, -0.05) is 12.1 Å². The van der Waals surface area contributed by atoms with Gasteiger partial charge in [0, 0.05) is 21.4 Å². The van der Waals surface area contributed by atoms with Crippen molar-refractivity contribution in [3.63, 3.8) is 0 Å². The van der Waals surface area contributed by atoms with Crippen LogP contribution in [0.15, 0.2) is 45.4 Å². The number of benzene rings is 1. The Labute approximate surface area is 140 Å². The first-order valence-corrected chi connectivity index (χ1v) is 9.35. The molecule has 0 fully saturated rings. The van der Waals surface area contributed by atoms with E-state index in [0.717, 1.165) is 22.0 Å². The molecule has 4 nitrogen and oxygen atoms in total. The topological polar surface area (TPSA) is 54.9 Å². The summed E-state index contributed by atoms with van der Waals surface area (Å²) in [5.41, 5.74) is 4.42. The highest BCUT2D eigenvalue weighted by Gasteiger charge is 2.13. The molecule has 1 amide bonds. The van der Waals surface area contributed by atoms with E-state index < -0.39 is 0 Å². The molecule has 1 N–H and O–H groups in total. The number of carbonyl (C=O) groups excluding carboxylic acids is 1. The molecule has 0 saturated carbocycles. The second-order valence-corrected chi connectivity index (χ2v) is 7.11. The van der Waals surface area contributed by atoms with E-state index in [1.807, 2.05) is 47.5 Å². The Kier molecular flexibility index (Phi) is 4.87. The number of thioether (sulfide) groups is 1. The van der Waals surface area contributed by atoms with Crippen molar-refractivity contribution in [3.8, 4) is 0 Å². The summed E-state index contributed by atoms with van der Waals surface area (Å²) in [5, 5.41) is 7.42. The molecule has 22 heavy (non-hydrogen) atoms. The molecule has 0 radical (unpaired) electrons. The van der Waals surface area contributed by atoms with Gasteiger partial charge in [-0.3, -0.25) is 10.1 Å². The van der Waals surface area contributed by atoms with Crippen LogP contribution in [-0.2, 0) is 5.75 Å². The quantitative estimate of drug-likeness (QED) is 0.693. The fourth-order valence-electron chi connectivity index (χ4n) is 1.82. The highest BCUT2D eigenvalue weighted by Crippen LogP contribution is 2.27. The molecule has 0 saturated heterocycles. The van der Waals surface area contributed by atoms with Crippen LogP contribution in [0.1, 0.15) is 21.7 Å². The van der Waals surface area contributed by atoms with E-state index in [0.29, 0.717) is 10.7 Å². The van der Waals surface area contributed by atoms with Gasteiger partial charge < -0.3 is 0 Å². The van der Waals surface area contributed by atoms with Gasteiger partial charge in [0.25, 0.3) is 5.91 Å². The van der Waals surface area contributed by atoms with Crippen molar-refractivity contribution in [2.75, 3.05) is 5.32 Å². The number of hydrogen-bond donors (Lipinski definition) is 1. The Balaban J connectivity index is 1.73. The molecule has 2 heterocycles. The summed E-state index contributed by atoms with van der Waals surface area (Å²) >= 11 is 4.63. The fourth-order valence-corrected chi connectivity index (χ4v) is 4.12. The van der Waals surface area contributed by atoms with Gasteiger partial charge in [-0.2, -0.15) is 0 Å². The lowest BCUT2D eigenvalue weighted by molar-refractivity contribution is 0.102. The molecule has 0 aliphatic heterocycles. The molecule has 0 aliphatic carbocycles. The van der Waals surface area contributed by atoms with Crippen molar-refractivity contribution in [3.05, 3.63) is 57.5 Å². The minimum atomic E-state index is -0.129. The SMILES string of the molecule is Cc1csc(NC(=O)c2ccccc2SCc2cscn2)n1. The van der Waals surface area contributed by atoms with E-state index in [1.165, 1.54) is 11.3 Å². The standard InChI is InChI=1S/C15H13N3OS3/c1-10-6-22-15(17-10)18-14(19)12-4-2-3-5-13(12)21-8-11-7-20-9-16-11/h2-7,9H,8H2,1H3,(H,17,18,19). The Hall–Kier alpha value is -1.70. The zero-order valence-corrected chi connectivity index (χ0v) is 14.2. The number of aromatic nitrogens is 2. The fraction of sp³-hybridized carbons (Fsp3) is 0.133. The highest BCUT2D eigenvalue weighted by molar-refractivity contribution is 7.98. The highest BCUT2D eigenvalue weighted by atomic mass is 32.2. The van der Waals surface area contributed by atoms with Crippen LogP contribution in [0, 0.1) is 6.92 Å². The van der Waals surface area contributed by atoms with Gasteiger partial charge in [0.1, 0.15) is 0 Å². The summed E-state index contributed by atoms with van der Waals surface area (Å²) in [4.78, 5) is 21.9. The molecule has 0 atom stereocenters. The minimum absolute atomic E-state index is 0.129. The summed E-state index contributed by atoms with van der Waals surface area (Å²) in [5.74, 6) is 0.625. The van der Waals surface area contributed by atoms with E-state index in [9.17, 15) is 4.79 Å². The normalized spacial score (nSPS) is 10.6. The third-order valence-corrected chi connectivity index (χ3v) is 5.45. The number of anilines is 1. The molecular weight excluding hydrogens is 334 g/mol. The van der Waals surface area contributed by atoms with Crippen LogP contribution in [0.4, 0.5) is 5.13 Å². The molecule has 112 valence electrons. The number of rotatable bonds is 5. The largest absolute Gasteiger partial charge is 0.298 e. The minimum Gasteiger partial charge on any atom is -0.298 e. The summed E-state index contributed by atoms with van der Waals surface area (Å²) in [6.45, 7) is 1.91. The average Bonchev–Trinajstić information content (AvgIpc) is 3.17. The van der Waals surface area contributed by atoms with Crippen molar-refractivity contribution in [1.82, 2.24) is 9.97 Å². The van der Waals surface area contributed by atoms with Crippen LogP contribution < -0.4 is 5.32 Å². The number of carbonyl (C=O) groups is 1. The van der Waals surface area contributed by atoms with E-state index in [-0.39, 0.29) is 5.91 Å².